The standard InChI is InChI=1S/C19H22N2O3/c22-19(21-10-8-14-12-20-13-15(14)9-11-21)17-6-7-18(24-17)23-16-4-2-1-3-5-16/h1-7,14-15,20H,8-13H2/t14-,15+. The molecule has 1 aromatic carbocycles. The van der Waals surface area contributed by atoms with Gasteiger partial charge in [0.15, 0.2) is 5.76 Å². The van der Waals surface area contributed by atoms with E-state index < -0.39 is 0 Å². The first kappa shape index (κ1) is 15.3. The third-order valence-corrected chi connectivity index (χ3v) is 5.06. The molecule has 2 aliphatic rings. The van der Waals surface area contributed by atoms with Crippen molar-refractivity contribution in [2.45, 2.75) is 12.8 Å². The predicted molar refractivity (Wildman–Crippen MR) is 90.2 cm³/mol. The van der Waals surface area contributed by atoms with Crippen molar-refractivity contribution in [3.63, 3.8) is 0 Å². The minimum absolute atomic E-state index is 0.0363. The van der Waals surface area contributed by atoms with Crippen LogP contribution in [0.5, 0.6) is 11.7 Å². The summed E-state index contributed by atoms with van der Waals surface area (Å²) in [6.07, 6.45) is 2.13. The molecule has 2 saturated heterocycles. The smallest absolute Gasteiger partial charge is 0.290 e. The number of likely N-dealkylation sites (tertiary alicyclic amines) is 1. The van der Waals surface area contributed by atoms with Crippen LogP contribution in [0.15, 0.2) is 46.9 Å². The van der Waals surface area contributed by atoms with Gasteiger partial charge in [-0.15, -0.1) is 0 Å². The van der Waals surface area contributed by atoms with Gasteiger partial charge in [-0.2, -0.15) is 0 Å². The Morgan fingerprint density at radius 1 is 1.04 bits per heavy atom. The molecule has 0 bridgehead atoms. The Kier molecular flexibility index (Phi) is 4.26. The Morgan fingerprint density at radius 3 is 2.46 bits per heavy atom. The van der Waals surface area contributed by atoms with Gasteiger partial charge in [0.25, 0.3) is 11.9 Å². The van der Waals surface area contributed by atoms with Crippen LogP contribution in [0.3, 0.4) is 0 Å². The molecule has 1 amide bonds. The van der Waals surface area contributed by atoms with Gasteiger partial charge in [0.05, 0.1) is 0 Å². The maximum atomic E-state index is 12.7. The van der Waals surface area contributed by atoms with Crippen molar-refractivity contribution in [1.82, 2.24) is 10.2 Å². The zero-order valence-electron chi connectivity index (χ0n) is 13.6. The summed E-state index contributed by atoms with van der Waals surface area (Å²) in [5.41, 5.74) is 0. The zero-order chi connectivity index (χ0) is 16.4. The van der Waals surface area contributed by atoms with Crippen LogP contribution in [0.2, 0.25) is 0 Å². The van der Waals surface area contributed by atoms with Gasteiger partial charge in [-0.1, -0.05) is 18.2 Å². The lowest BCUT2D eigenvalue weighted by molar-refractivity contribution is 0.0721. The summed E-state index contributed by atoms with van der Waals surface area (Å²) in [4.78, 5) is 14.6. The van der Waals surface area contributed by atoms with Crippen LogP contribution in [-0.4, -0.2) is 37.0 Å². The van der Waals surface area contributed by atoms with Gasteiger partial charge in [0.2, 0.25) is 0 Å². The highest BCUT2D eigenvalue weighted by Crippen LogP contribution is 2.29. The number of furan rings is 1. The van der Waals surface area contributed by atoms with E-state index in [4.69, 9.17) is 9.15 Å². The van der Waals surface area contributed by atoms with Gasteiger partial charge in [0, 0.05) is 19.2 Å². The third-order valence-electron chi connectivity index (χ3n) is 5.06. The summed E-state index contributed by atoms with van der Waals surface area (Å²) in [5, 5.41) is 3.46. The van der Waals surface area contributed by atoms with Crippen molar-refractivity contribution in [1.29, 1.82) is 0 Å². The number of amides is 1. The molecule has 0 aliphatic carbocycles. The van der Waals surface area contributed by atoms with Gasteiger partial charge >= 0.3 is 0 Å². The van der Waals surface area contributed by atoms with Crippen LogP contribution >= 0.6 is 0 Å². The van der Waals surface area contributed by atoms with E-state index in [-0.39, 0.29) is 5.91 Å². The molecule has 0 radical (unpaired) electrons. The van der Waals surface area contributed by atoms with E-state index in [0.29, 0.717) is 29.3 Å². The molecule has 1 aromatic heterocycles. The summed E-state index contributed by atoms with van der Waals surface area (Å²) in [6.45, 7) is 3.78. The van der Waals surface area contributed by atoms with Crippen molar-refractivity contribution in [3.05, 3.63) is 48.2 Å². The lowest BCUT2D eigenvalue weighted by Crippen LogP contribution is -2.32. The molecule has 5 heteroatoms. The number of nitrogens with one attached hydrogen (secondary N) is 1. The number of carbonyl (C=O) groups is 1. The summed E-state index contributed by atoms with van der Waals surface area (Å²) < 4.78 is 11.2. The maximum Gasteiger partial charge on any atom is 0.290 e. The van der Waals surface area contributed by atoms with Crippen molar-refractivity contribution in [3.8, 4) is 11.7 Å². The van der Waals surface area contributed by atoms with Crippen LogP contribution in [0.25, 0.3) is 0 Å². The van der Waals surface area contributed by atoms with E-state index in [1.54, 1.807) is 12.1 Å². The quantitative estimate of drug-likeness (QED) is 0.941. The number of benzene rings is 1. The first-order chi connectivity index (χ1) is 11.8. The molecule has 1 N–H and O–H groups in total. The number of fused-ring (bicyclic) bond motifs is 1. The number of hydrogen-bond donors (Lipinski definition) is 1. The van der Waals surface area contributed by atoms with Gasteiger partial charge in [-0.25, -0.2) is 0 Å². The van der Waals surface area contributed by atoms with Crippen LogP contribution in [-0.2, 0) is 0 Å². The molecule has 5 nitrogen and oxygen atoms in total. The summed E-state index contributed by atoms with van der Waals surface area (Å²) in [6, 6.07) is 12.8. The number of carbonyl (C=O) groups excluding carboxylic acids is 1. The molecule has 0 saturated carbocycles. The fraction of sp³-hybridized carbons (Fsp3) is 0.421. The zero-order valence-corrected chi connectivity index (χ0v) is 13.6. The highest BCUT2D eigenvalue weighted by Gasteiger charge is 2.32. The molecule has 3 heterocycles. The molecule has 2 atom stereocenters. The molecular weight excluding hydrogens is 304 g/mol. The Morgan fingerprint density at radius 2 is 1.75 bits per heavy atom. The number of rotatable bonds is 3. The SMILES string of the molecule is O=C(c1ccc(Oc2ccccc2)o1)N1CC[C@@H]2CNC[C@@H]2CC1. The van der Waals surface area contributed by atoms with E-state index in [1.807, 2.05) is 35.2 Å². The topological polar surface area (TPSA) is 54.7 Å². The molecule has 0 spiro atoms. The highest BCUT2D eigenvalue weighted by atomic mass is 16.6. The van der Waals surface area contributed by atoms with Crippen LogP contribution in [0.4, 0.5) is 0 Å². The lowest BCUT2D eigenvalue weighted by Gasteiger charge is -2.19. The minimum Gasteiger partial charge on any atom is -0.426 e. The van der Waals surface area contributed by atoms with E-state index in [9.17, 15) is 4.79 Å². The largest absolute Gasteiger partial charge is 0.426 e. The van der Waals surface area contributed by atoms with Gasteiger partial charge < -0.3 is 19.4 Å². The van der Waals surface area contributed by atoms with Gasteiger partial charge in [-0.3, -0.25) is 4.79 Å². The lowest BCUT2D eigenvalue weighted by atomic mass is 9.92. The van der Waals surface area contributed by atoms with Crippen LogP contribution in [0, 0.1) is 11.8 Å². The maximum absolute atomic E-state index is 12.7. The molecular formula is C19H22N2O3. The van der Waals surface area contributed by atoms with Crippen molar-refractivity contribution >= 4 is 5.91 Å². The van der Waals surface area contributed by atoms with Crippen molar-refractivity contribution in [2.75, 3.05) is 26.2 Å². The number of nitrogens with zero attached hydrogens (tertiary/aromatic N) is 1. The number of para-hydroxylation sites is 1. The number of hydrogen-bond acceptors (Lipinski definition) is 4. The van der Waals surface area contributed by atoms with Gasteiger partial charge in [0.1, 0.15) is 5.75 Å². The summed E-state index contributed by atoms with van der Waals surface area (Å²) in [5.74, 6) is 2.77. The van der Waals surface area contributed by atoms with Crippen LogP contribution < -0.4 is 10.1 Å². The summed E-state index contributed by atoms with van der Waals surface area (Å²) in [7, 11) is 0. The Bertz CT molecular complexity index is 684. The average Bonchev–Trinajstić information content (AvgIpc) is 3.21. The molecule has 0 unspecified atom stereocenters. The van der Waals surface area contributed by atoms with Gasteiger partial charge in [-0.05, 0) is 56.0 Å². The van der Waals surface area contributed by atoms with Crippen molar-refractivity contribution in [2.24, 2.45) is 11.8 Å². The summed E-state index contributed by atoms with van der Waals surface area (Å²) >= 11 is 0. The number of ether oxygens (including phenoxy) is 1. The fourth-order valence-corrected chi connectivity index (χ4v) is 3.67. The van der Waals surface area contributed by atoms with E-state index in [0.717, 1.165) is 39.0 Å². The van der Waals surface area contributed by atoms with E-state index in [2.05, 4.69) is 5.32 Å². The second-order valence-corrected chi connectivity index (χ2v) is 6.58. The minimum atomic E-state index is -0.0363. The Balaban J connectivity index is 1.41. The van der Waals surface area contributed by atoms with Crippen LogP contribution in [0.1, 0.15) is 23.4 Å². The normalized spacial score (nSPS) is 23.6. The molecule has 126 valence electrons. The average molecular weight is 326 g/mol. The Labute approximate surface area is 141 Å². The molecule has 2 fully saturated rings. The molecule has 4 rings (SSSR count). The third kappa shape index (κ3) is 3.17. The highest BCUT2D eigenvalue weighted by molar-refractivity contribution is 5.91. The molecule has 2 aromatic rings. The second-order valence-electron chi connectivity index (χ2n) is 6.58. The molecule has 2 aliphatic heterocycles. The Hall–Kier alpha value is -2.27. The monoisotopic (exact) mass is 326 g/mol. The fourth-order valence-electron chi connectivity index (χ4n) is 3.67. The van der Waals surface area contributed by atoms with Crippen molar-refractivity contribution < 1.29 is 13.9 Å². The first-order valence-corrected chi connectivity index (χ1v) is 8.62. The predicted octanol–water partition coefficient (Wildman–Crippen LogP) is 3.14. The first-order valence-electron chi connectivity index (χ1n) is 8.62. The van der Waals surface area contributed by atoms with E-state index >= 15 is 0 Å². The molecule has 24 heavy (non-hydrogen) atoms. The second kappa shape index (κ2) is 6.69. The van der Waals surface area contributed by atoms with E-state index in [1.165, 1.54) is 0 Å².